The lowest BCUT2D eigenvalue weighted by Gasteiger charge is -2.32. The van der Waals surface area contributed by atoms with Gasteiger partial charge in [0, 0.05) is 37.7 Å². The number of thiophene rings is 1. The van der Waals surface area contributed by atoms with Crippen molar-refractivity contribution in [1.82, 2.24) is 14.9 Å². The second kappa shape index (κ2) is 10.6. The molecule has 0 aromatic carbocycles. The topological polar surface area (TPSA) is 56.7 Å². The summed E-state index contributed by atoms with van der Waals surface area (Å²) in [6, 6.07) is 6.25. The zero-order chi connectivity index (χ0) is 19.1. The molecule has 1 atom stereocenters. The van der Waals surface area contributed by atoms with E-state index in [0.717, 1.165) is 31.9 Å². The number of hydrogen-bond donors (Lipinski definition) is 0. The number of hydrogen-bond acceptors (Lipinski definition) is 9. The van der Waals surface area contributed by atoms with Crippen LogP contribution in [0.25, 0.3) is 0 Å². The Labute approximate surface area is 173 Å². The first-order valence-electron chi connectivity index (χ1n) is 8.70. The molecule has 27 heavy (non-hydrogen) atoms. The molecule has 148 valence electrons. The fourth-order valence-corrected chi connectivity index (χ4v) is 4.84. The largest absolute Gasteiger partial charge is 0.475 e. The molecule has 0 spiro atoms. The van der Waals surface area contributed by atoms with E-state index in [4.69, 9.17) is 14.2 Å². The summed E-state index contributed by atoms with van der Waals surface area (Å²) in [5.41, 5.74) is 0.820. The first-order valence-corrected chi connectivity index (χ1v) is 12.0. The maximum atomic E-state index is 5.92. The van der Waals surface area contributed by atoms with Crippen molar-refractivity contribution in [3.05, 3.63) is 28.8 Å². The summed E-state index contributed by atoms with van der Waals surface area (Å²) in [6.45, 7) is 4.42. The summed E-state index contributed by atoms with van der Waals surface area (Å²) in [5.74, 6) is 0.574. The molecule has 1 aliphatic heterocycles. The second-order valence-corrected chi connectivity index (χ2v) is 9.13. The van der Waals surface area contributed by atoms with Gasteiger partial charge in [-0.3, -0.25) is 4.90 Å². The standard InChI is InChI=1S/C18H25N3O3S3/c1-22-11-13-8-16(20-18(19-13)26-3)24-12-14-9-21(6-7-23-14)10-15-4-5-17(25-2)27-15/h4-5,8,14H,6-7,9-12H2,1-3H3. The molecular formula is C18H25N3O3S3. The van der Waals surface area contributed by atoms with Crippen LogP contribution in [0.5, 0.6) is 5.88 Å². The second-order valence-electron chi connectivity index (χ2n) is 6.08. The van der Waals surface area contributed by atoms with Crippen LogP contribution in [0.4, 0.5) is 0 Å². The fourth-order valence-electron chi connectivity index (χ4n) is 2.81. The van der Waals surface area contributed by atoms with Gasteiger partial charge in [0.25, 0.3) is 0 Å². The van der Waals surface area contributed by atoms with Crippen molar-refractivity contribution in [2.75, 3.05) is 45.9 Å². The van der Waals surface area contributed by atoms with Crippen LogP contribution >= 0.6 is 34.9 Å². The van der Waals surface area contributed by atoms with Crippen molar-refractivity contribution in [1.29, 1.82) is 0 Å². The molecule has 0 saturated carbocycles. The SMILES string of the molecule is COCc1cc(OCC2CN(Cc3ccc(SC)s3)CCO2)nc(SC)n1. The Balaban J connectivity index is 1.54. The average molecular weight is 428 g/mol. The van der Waals surface area contributed by atoms with Gasteiger partial charge in [-0.25, -0.2) is 4.98 Å². The highest BCUT2D eigenvalue weighted by atomic mass is 32.2. The molecule has 0 N–H and O–H groups in total. The van der Waals surface area contributed by atoms with Crippen LogP contribution in [0.2, 0.25) is 0 Å². The number of thioether (sulfide) groups is 2. The lowest BCUT2D eigenvalue weighted by atomic mass is 10.2. The van der Waals surface area contributed by atoms with E-state index in [2.05, 4.69) is 33.3 Å². The third-order valence-electron chi connectivity index (χ3n) is 4.07. The van der Waals surface area contributed by atoms with E-state index in [-0.39, 0.29) is 6.10 Å². The minimum absolute atomic E-state index is 0.0392. The predicted molar refractivity (Wildman–Crippen MR) is 111 cm³/mol. The Morgan fingerprint density at radius 1 is 1.30 bits per heavy atom. The van der Waals surface area contributed by atoms with Gasteiger partial charge >= 0.3 is 0 Å². The maximum absolute atomic E-state index is 5.92. The van der Waals surface area contributed by atoms with Gasteiger partial charge in [-0.15, -0.1) is 23.1 Å². The third kappa shape index (κ3) is 6.33. The van der Waals surface area contributed by atoms with E-state index in [1.54, 1.807) is 18.9 Å². The van der Waals surface area contributed by atoms with Gasteiger partial charge in [0.1, 0.15) is 12.7 Å². The molecular weight excluding hydrogens is 402 g/mol. The lowest BCUT2D eigenvalue weighted by molar-refractivity contribution is -0.0508. The van der Waals surface area contributed by atoms with Gasteiger partial charge in [0.15, 0.2) is 5.16 Å². The molecule has 2 aromatic heterocycles. The van der Waals surface area contributed by atoms with Crippen LogP contribution in [0, 0.1) is 0 Å². The Bertz CT molecular complexity index is 729. The predicted octanol–water partition coefficient (Wildman–Crippen LogP) is 3.41. The van der Waals surface area contributed by atoms with Gasteiger partial charge < -0.3 is 14.2 Å². The Hall–Kier alpha value is -0.840. The highest BCUT2D eigenvalue weighted by Crippen LogP contribution is 2.26. The summed E-state index contributed by atoms with van der Waals surface area (Å²) >= 11 is 5.16. The minimum Gasteiger partial charge on any atom is -0.475 e. The highest BCUT2D eigenvalue weighted by Gasteiger charge is 2.22. The van der Waals surface area contributed by atoms with Crippen molar-refractivity contribution in [3.63, 3.8) is 0 Å². The average Bonchev–Trinajstić information content (AvgIpc) is 3.14. The molecule has 1 saturated heterocycles. The molecule has 3 heterocycles. The van der Waals surface area contributed by atoms with Crippen LogP contribution in [0.3, 0.4) is 0 Å². The molecule has 3 rings (SSSR count). The van der Waals surface area contributed by atoms with Crippen LogP contribution < -0.4 is 4.74 Å². The van der Waals surface area contributed by atoms with Crippen LogP contribution in [-0.4, -0.2) is 66.9 Å². The molecule has 0 bridgehead atoms. The molecule has 0 amide bonds. The quantitative estimate of drug-likeness (QED) is 0.446. The molecule has 1 fully saturated rings. The van der Waals surface area contributed by atoms with E-state index in [0.29, 0.717) is 24.3 Å². The van der Waals surface area contributed by atoms with Gasteiger partial charge in [0.2, 0.25) is 5.88 Å². The Morgan fingerprint density at radius 3 is 2.93 bits per heavy atom. The zero-order valence-electron chi connectivity index (χ0n) is 15.8. The first-order chi connectivity index (χ1) is 13.2. The van der Waals surface area contributed by atoms with Crippen molar-refractivity contribution in [2.45, 2.75) is 28.6 Å². The molecule has 1 unspecified atom stereocenters. The Kier molecular flexibility index (Phi) is 8.23. The number of morpholine rings is 1. The number of methoxy groups -OCH3 is 1. The smallest absolute Gasteiger partial charge is 0.217 e. The zero-order valence-corrected chi connectivity index (χ0v) is 18.3. The number of nitrogens with zero attached hydrogens (tertiary/aromatic N) is 3. The summed E-state index contributed by atoms with van der Waals surface area (Å²) < 4.78 is 18.3. The highest BCUT2D eigenvalue weighted by molar-refractivity contribution is 8.00. The van der Waals surface area contributed by atoms with E-state index in [1.807, 2.05) is 23.7 Å². The van der Waals surface area contributed by atoms with E-state index in [1.165, 1.54) is 20.8 Å². The molecule has 2 aromatic rings. The Morgan fingerprint density at radius 2 is 2.19 bits per heavy atom. The summed E-state index contributed by atoms with van der Waals surface area (Å²) in [5, 5.41) is 0.688. The van der Waals surface area contributed by atoms with Crippen molar-refractivity contribution < 1.29 is 14.2 Å². The third-order valence-corrected chi connectivity index (χ3v) is 6.77. The van der Waals surface area contributed by atoms with Crippen molar-refractivity contribution in [3.8, 4) is 5.88 Å². The summed E-state index contributed by atoms with van der Waals surface area (Å²) in [7, 11) is 1.65. The van der Waals surface area contributed by atoms with Crippen molar-refractivity contribution in [2.24, 2.45) is 0 Å². The van der Waals surface area contributed by atoms with Crippen LogP contribution in [-0.2, 0) is 22.6 Å². The van der Waals surface area contributed by atoms with Gasteiger partial charge in [-0.2, -0.15) is 4.98 Å². The molecule has 0 radical (unpaired) electrons. The van der Waals surface area contributed by atoms with Crippen LogP contribution in [0.1, 0.15) is 10.6 Å². The number of rotatable bonds is 9. The van der Waals surface area contributed by atoms with Gasteiger partial charge in [-0.05, 0) is 24.6 Å². The van der Waals surface area contributed by atoms with E-state index >= 15 is 0 Å². The van der Waals surface area contributed by atoms with Crippen LogP contribution in [0.15, 0.2) is 27.6 Å². The van der Waals surface area contributed by atoms with Crippen molar-refractivity contribution >= 4 is 34.9 Å². The monoisotopic (exact) mass is 427 g/mol. The summed E-state index contributed by atoms with van der Waals surface area (Å²) in [6.07, 6.45) is 4.10. The molecule has 9 heteroatoms. The maximum Gasteiger partial charge on any atom is 0.217 e. The lowest BCUT2D eigenvalue weighted by Crippen LogP contribution is -2.44. The molecule has 1 aliphatic rings. The van der Waals surface area contributed by atoms with Gasteiger partial charge in [-0.1, -0.05) is 11.8 Å². The van der Waals surface area contributed by atoms with E-state index in [9.17, 15) is 0 Å². The number of aromatic nitrogens is 2. The van der Waals surface area contributed by atoms with E-state index < -0.39 is 0 Å². The normalized spacial score (nSPS) is 18.0. The molecule has 6 nitrogen and oxygen atoms in total. The van der Waals surface area contributed by atoms with Gasteiger partial charge in [0.05, 0.1) is 23.1 Å². The number of ether oxygens (including phenoxy) is 3. The summed E-state index contributed by atoms with van der Waals surface area (Å²) in [4.78, 5) is 12.7. The minimum atomic E-state index is 0.0392. The first kappa shape index (κ1) is 20.9. The fraction of sp³-hybridized carbons (Fsp3) is 0.556. The molecule has 0 aliphatic carbocycles.